The van der Waals surface area contributed by atoms with Gasteiger partial charge < -0.3 is 20.3 Å². The summed E-state index contributed by atoms with van der Waals surface area (Å²) in [6.07, 6.45) is 69.2. The van der Waals surface area contributed by atoms with Gasteiger partial charge >= 0.3 is 5.97 Å². The summed E-state index contributed by atoms with van der Waals surface area (Å²) in [6.45, 7) is 6.34. The smallest absolute Gasteiger partial charge is 0.306 e. The molecule has 0 rings (SSSR count). The summed E-state index contributed by atoms with van der Waals surface area (Å²) in [5.74, 6) is -0.532. The molecule has 0 aromatic rings. The highest BCUT2D eigenvalue weighted by Gasteiger charge is 2.24. The predicted octanol–water partition coefficient (Wildman–Crippen LogP) is 17.1. The molecule has 0 heterocycles. The van der Waals surface area contributed by atoms with Gasteiger partial charge in [0.25, 0.3) is 0 Å². The fraction of sp³-hybridized carbons (Fsp3) is 0.733. The lowest BCUT2D eigenvalue weighted by atomic mass is 10.0. The van der Waals surface area contributed by atoms with Crippen LogP contribution in [0.4, 0.5) is 0 Å². The molecule has 3 N–H and O–H groups in total. The molecule has 1 amide bonds. The van der Waals surface area contributed by atoms with Crippen molar-refractivity contribution >= 4 is 11.9 Å². The van der Waals surface area contributed by atoms with Crippen LogP contribution >= 0.6 is 0 Å². The van der Waals surface area contributed by atoms with Gasteiger partial charge in [-0.3, -0.25) is 9.59 Å². The van der Waals surface area contributed by atoms with Crippen LogP contribution in [0.3, 0.4) is 0 Å². The SMILES string of the molecule is CC\C=C/C=C/C=C/C=C\C=C\C=C\CCCCCC(=O)OC(CCCCCCC/C=C/CCCCCCCC)CC(=O)NC(CO)C(O)CCCCCCCCCCCCCCCCC. The van der Waals surface area contributed by atoms with Gasteiger partial charge in [-0.1, -0.05) is 260 Å². The molecule has 0 radical (unpaired) electrons. The van der Waals surface area contributed by atoms with Crippen LogP contribution in [0.2, 0.25) is 0 Å². The van der Waals surface area contributed by atoms with E-state index in [1.54, 1.807) is 0 Å². The Kier molecular flexibility index (Phi) is 50.6. The number of hydrogen-bond acceptors (Lipinski definition) is 5. The van der Waals surface area contributed by atoms with Crippen molar-refractivity contribution in [1.29, 1.82) is 0 Å². The highest BCUT2D eigenvalue weighted by molar-refractivity contribution is 5.77. The van der Waals surface area contributed by atoms with Gasteiger partial charge in [0.15, 0.2) is 0 Å². The molecule has 3 unspecified atom stereocenters. The lowest BCUT2D eigenvalue weighted by molar-refractivity contribution is -0.151. The van der Waals surface area contributed by atoms with E-state index in [0.29, 0.717) is 19.3 Å². The Balaban J connectivity index is 4.67. The quantitative estimate of drug-likeness (QED) is 0.0245. The van der Waals surface area contributed by atoms with Gasteiger partial charge in [-0.15, -0.1) is 0 Å². The molecule has 6 nitrogen and oxygen atoms in total. The number of aliphatic hydroxyl groups is 2. The van der Waals surface area contributed by atoms with E-state index >= 15 is 0 Å². The van der Waals surface area contributed by atoms with Crippen molar-refractivity contribution in [1.82, 2.24) is 5.32 Å². The summed E-state index contributed by atoms with van der Waals surface area (Å²) < 4.78 is 5.93. The minimum Gasteiger partial charge on any atom is -0.462 e. The van der Waals surface area contributed by atoms with Crippen LogP contribution < -0.4 is 5.32 Å². The number of ether oxygens (including phenoxy) is 1. The Morgan fingerprint density at radius 1 is 0.455 bits per heavy atom. The van der Waals surface area contributed by atoms with Crippen LogP contribution in [-0.4, -0.2) is 46.9 Å². The molecule has 0 fully saturated rings. The number of rotatable bonds is 49. The maximum Gasteiger partial charge on any atom is 0.306 e. The molecule has 0 aliphatic rings. The van der Waals surface area contributed by atoms with Crippen molar-refractivity contribution in [3.63, 3.8) is 0 Å². The van der Waals surface area contributed by atoms with Crippen LogP contribution in [0, 0.1) is 0 Å². The van der Waals surface area contributed by atoms with E-state index in [1.165, 1.54) is 135 Å². The maximum absolute atomic E-state index is 13.3. The van der Waals surface area contributed by atoms with Crippen LogP contribution in [0.5, 0.6) is 0 Å². The fourth-order valence-electron chi connectivity index (χ4n) is 8.16. The van der Waals surface area contributed by atoms with Gasteiger partial charge in [-0.05, 0) is 70.6 Å². The molecule has 0 bridgehead atoms. The zero-order chi connectivity index (χ0) is 48.1. The largest absolute Gasteiger partial charge is 0.462 e. The van der Waals surface area contributed by atoms with Gasteiger partial charge in [0.2, 0.25) is 5.91 Å². The number of carbonyl (C=O) groups is 2. The third-order valence-electron chi connectivity index (χ3n) is 12.4. The van der Waals surface area contributed by atoms with Gasteiger partial charge in [0.05, 0.1) is 25.2 Å². The number of esters is 1. The second kappa shape index (κ2) is 53.0. The monoisotopic (exact) mass is 920 g/mol. The average Bonchev–Trinajstić information content (AvgIpc) is 3.31. The van der Waals surface area contributed by atoms with Gasteiger partial charge in [-0.2, -0.15) is 0 Å². The number of amides is 1. The average molecular weight is 921 g/mol. The second-order valence-electron chi connectivity index (χ2n) is 18.8. The summed E-state index contributed by atoms with van der Waals surface area (Å²) >= 11 is 0. The first-order valence-electron chi connectivity index (χ1n) is 27.9. The molecular weight excluding hydrogens is 815 g/mol. The topological polar surface area (TPSA) is 95.9 Å². The van der Waals surface area contributed by atoms with Crippen molar-refractivity contribution in [2.45, 2.75) is 277 Å². The van der Waals surface area contributed by atoms with E-state index in [0.717, 1.165) is 77.0 Å². The van der Waals surface area contributed by atoms with Crippen molar-refractivity contribution in [3.05, 3.63) is 85.1 Å². The highest BCUT2D eigenvalue weighted by atomic mass is 16.5. The summed E-state index contributed by atoms with van der Waals surface area (Å²) in [4.78, 5) is 26.2. The van der Waals surface area contributed by atoms with Gasteiger partial charge in [0, 0.05) is 6.42 Å². The van der Waals surface area contributed by atoms with Gasteiger partial charge in [-0.25, -0.2) is 0 Å². The molecule has 0 aliphatic heterocycles. The van der Waals surface area contributed by atoms with E-state index in [1.807, 2.05) is 48.6 Å². The van der Waals surface area contributed by atoms with Crippen LogP contribution in [0.1, 0.15) is 258 Å². The van der Waals surface area contributed by atoms with Crippen LogP contribution in [0.15, 0.2) is 85.1 Å². The summed E-state index contributed by atoms with van der Waals surface area (Å²) in [5, 5.41) is 23.9. The number of allylic oxidation sites excluding steroid dienone is 14. The molecule has 380 valence electrons. The lowest BCUT2D eigenvalue weighted by Crippen LogP contribution is -2.46. The molecule has 0 saturated heterocycles. The van der Waals surface area contributed by atoms with Crippen LogP contribution in [0.25, 0.3) is 0 Å². The number of unbranched alkanes of at least 4 members (excludes halogenated alkanes) is 28. The third kappa shape index (κ3) is 47.5. The van der Waals surface area contributed by atoms with Crippen molar-refractivity contribution < 1.29 is 24.5 Å². The molecule has 0 aliphatic carbocycles. The lowest BCUT2D eigenvalue weighted by Gasteiger charge is -2.24. The number of carbonyl (C=O) groups excluding carboxylic acids is 2. The van der Waals surface area contributed by atoms with Crippen LogP contribution in [-0.2, 0) is 14.3 Å². The molecule has 0 saturated carbocycles. The minimum absolute atomic E-state index is 0.0504. The van der Waals surface area contributed by atoms with Crippen molar-refractivity contribution in [2.24, 2.45) is 0 Å². The molecule has 66 heavy (non-hydrogen) atoms. The Bertz CT molecular complexity index is 1260. The van der Waals surface area contributed by atoms with Crippen molar-refractivity contribution in [2.75, 3.05) is 6.61 Å². The Hall–Kier alpha value is -2.96. The first kappa shape index (κ1) is 63.0. The first-order valence-corrected chi connectivity index (χ1v) is 27.9. The number of aliphatic hydroxyl groups excluding tert-OH is 2. The minimum atomic E-state index is -0.803. The Labute approximate surface area is 408 Å². The maximum atomic E-state index is 13.3. The van der Waals surface area contributed by atoms with E-state index in [-0.39, 0.29) is 24.9 Å². The summed E-state index contributed by atoms with van der Waals surface area (Å²) in [7, 11) is 0. The van der Waals surface area contributed by atoms with E-state index in [4.69, 9.17) is 4.74 Å². The number of nitrogens with one attached hydrogen (secondary N) is 1. The standard InChI is InChI=1S/C60H105NO5/c1-4-7-10-13-16-19-22-25-28-29-32-35-38-41-44-47-50-53-60(65)66-56(51-48-45-42-39-36-33-30-26-23-20-17-14-11-8-5-2)54-59(64)61-57(55-62)58(63)52-49-46-43-40-37-34-31-27-24-21-18-15-12-9-6-3/h7,10,13,16,19,22,25-26,28-30,32,35,38,56-58,62-63H,4-6,8-9,11-12,14-15,17-18,20-21,23-24,27,31,33-34,36-37,39-55H2,1-3H3,(H,61,64)/b10-7-,16-13+,22-19+,28-25-,30-26+,32-29+,38-35+. The molecule has 0 spiro atoms. The third-order valence-corrected chi connectivity index (χ3v) is 12.4. The van der Waals surface area contributed by atoms with E-state index in [2.05, 4.69) is 62.5 Å². The zero-order valence-electron chi connectivity index (χ0n) is 43.3. The second-order valence-corrected chi connectivity index (χ2v) is 18.8. The number of hydrogen-bond donors (Lipinski definition) is 3. The zero-order valence-corrected chi connectivity index (χ0v) is 43.3. The van der Waals surface area contributed by atoms with Gasteiger partial charge in [0.1, 0.15) is 6.10 Å². The highest BCUT2D eigenvalue weighted by Crippen LogP contribution is 2.18. The Morgan fingerprint density at radius 3 is 1.29 bits per heavy atom. The first-order chi connectivity index (χ1) is 32.5. The summed E-state index contributed by atoms with van der Waals surface area (Å²) in [5.41, 5.74) is 0. The molecule has 3 atom stereocenters. The van der Waals surface area contributed by atoms with E-state index < -0.39 is 18.2 Å². The molecular formula is C60H105NO5. The Morgan fingerprint density at radius 2 is 0.833 bits per heavy atom. The van der Waals surface area contributed by atoms with E-state index in [9.17, 15) is 19.8 Å². The summed E-state index contributed by atoms with van der Waals surface area (Å²) in [6, 6.07) is -0.718. The van der Waals surface area contributed by atoms with Crippen molar-refractivity contribution in [3.8, 4) is 0 Å². The fourth-order valence-corrected chi connectivity index (χ4v) is 8.16. The molecule has 0 aromatic heterocycles. The normalized spacial score (nSPS) is 13.8. The molecule has 0 aromatic carbocycles. The predicted molar refractivity (Wildman–Crippen MR) is 287 cm³/mol. The molecule has 6 heteroatoms.